The molecule has 0 fully saturated rings. The molecule has 0 aromatic heterocycles. The van der Waals surface area contributed by atoms with Gasteiger partial charge in [-0.2, -0.15) is 0 Å². The van der Waals surface area contributed by atoms with E-state index >= 15 is 0 Å². The lowest BCUT2D eigenvalue weighted by Gasteiger charge is -2.33. The van der Waals surface area contributed by atoms with Gasteiger partial charge in [0.1, 0.15) is 0 Å². The molecule has 0 aliphatic carbocycles. The smallest absolute Gasteiger partial charge is 0.338 e. The van der Waals surface area contributed by atoms with Crippen molar-refractivity contribution in [2.75, 3.05) is 6.61 Å². The zero-order chi connectivity index (χ0) is 16.3. The second-order valence-corrected chi connectivity index (χ2v) is 6.16. The van der Waals surface area contributed by atoms with Gasteiger partial charge in [0.05, 0.1) is 18.8 Å². The molecule has 0 bridgehead atoms. The zero-order valence-corrected chi connectivity index (χ0v) is 13.4. The Morgan fingerprint density at radius 1 is 1.36 bits per heavy atom. The molecule has 1 aromatic carbocycles. The molecule has 5 nitrogen and oxygen atoms in total. The molecule has 2 atom stereocenters. The van der Waals surface area contributed by atoms with Gasteiger partial charge in [-0.25, -0.2) is 4.79 Å². The van der Waals surface area contributed by atoms with E-state index in [1.807, 2.05) is 32.9 Å². The van der Waals surface area contributed by atoms with Crippen molar-refractivity contribution in [1.29, 1.82) is 0 Å². The minimum atomic E-state index is -1.07. The van der Waals surface area contributed by atoms with Gasteiger partial charge in [0.2, 0.25) is 0 Å². The number of hydrogen-bond donors (Lipinski definition) is 0. The van der Waals surface area contributed by atoms with Gasteiger partial charge in [-0.1, -0.05) is 24.3 Å². The lowest BCUT2D eigenvalue weighted by Crippen LogP contribution is -2.49. The van der Waals surface area contributed by atoms with Crippen LogP contribution in [0.3, 0.4) is 0 Å². The number of fused-ring (bicyclic) bond motifs is 1. The number of ether oxygens (including phenoxy) is 3. The fraction of sp³-hybridized carbons (Fsp3) is 0.529. The Balaban J connectivity index is 2.28. The Labute approximate surface area is 130 Å². The van der Waals surface area contributed by atoms with Crippen molar-refractivity contribution in [2.24, 2.45) is 0 Å². The molecule has 0 radical (unpaired) electrons. The first-order valence-corrected chi connectivity index (χ1v) is 7.41. The van der Waals surface area contributed by atoms with Crippen LogP contribution in [0, 0.1) is 0 Å². The highest BCUT2D eigenvalue weighted by atomic mass is 16.6. The topological polar surface area (TPSA) is 61.8 Å². The first kappa shape index (κ1) is 16.6. The summed E-state index contributed by atoms with van der Waals surface area (Å²) in [6.07, 6.45) is -2.05. The van der Waals surface area contributed by atoms with Crippen LogP contribution in [0.4, 0.5) is 0 Å². The predicted octanol–water partition coefficient (Wildman–Crippen LogP) is 2.51. The predicted molar refractivity (Wildman–Crippen MR) is 80.6 cm³/mol. The summed E-state index contributed by atoms with van der Waals surface area (Å²) in [6, 6.07) is 7.23. The van der Waals surface area contributed by atoms with Crippen LogP contribution in [0.5, 0.6) is 0 Å². The van der Waals surface area contributed by atoms with Crippen molar-refractivity contribution in [3.05, 3.63) is 35.4 Å². The Hall–Kier alpha value is -1.72. The quantitative estimate of drug-likeness (QED) is 0.800. The number of benzene rings is 1. The second-order valence-electron chi connectivity index (χ2n) is 6.16. The molecule has 2 unspecified atom stereocenters. The number of rotatable bonds is 4. The van der Waals surface area contributed by atoms with Crippen molar-refractivity contribution in [3.8, 4) is 0 Å². The summed E-state index contributed by atoms with van der Waals surface area (Å²) in [7, 11) is 0. The summed E-state index contributed by atoms with van der Waals surface area (Å²) in [4.78, 5) is 24.8. The molecule has 22 heavy (non-hydrogen) atoms. The monoisotopic (exact) mass is 306 g/mol. The fourth-order valence-electron chi connectivity index (χ4n) is 2.36. The Morgan fingerprint density at radius 2 is 2.05 bits per heavy atom. The summed E-state index contributed by atoms with van der Waals surface area (Å²) < 4.78 is 16.4. The summed E-state index contributed by atoms with van der Waals surface area (Å²) in [6.45, 7) is 7.67. The molecule has 5 heteroatoms. The van der Waals surface area contributed by atoms with Gasteiger partial charge in [0.25, 0.3) is 0 Å². The van der Waals surface area contributed by atoms with Crippen molar-refractivity contribution in [3.63, 3.8) is 0 Å². The molecule has 1 aliphatic rings. The van der Waals surface area contributed by atoms with Crippen molar-refractivity contribution >= 4 is 11.8 Å². The summed E-state index contributed by atoms with van der Waals surface area (Å²) in [5.74, 6) is -0.820. The van der Waals surface area contributed by atoms with Crippen molar-refractivity contribution < 1.29 is 23.8 Å². The number of ketones is 1. The second kappa shape index (κ2) is 6.58. The van der Waals surface area contributed by atoms with Gasteiger partial charge >= 0.3 is 5.97 Å². The standard InChI is InChI=1S/C17H22O5/c1-5-20-16(19)15(22-17(2,3)4)14-13(18)12-9-7-6-8-11(12)10-21-14/h6-9,14-15H,5,10H2,1-4H3. The van der Waals surface area contributed by atoms with Gasteiger partial charge in [-0.3, -0.25) is 4.79 Å². The van der Waals surface area contributed by atoms with Crippen LogP contribution >= 0.6 is 0 Å². The van der Waals surface area contributed by atoms with Crippen LogP contribution in [0.2, 0.25) is 0 Å². The van der Waals surface area contributed by atoms with Gasteiger partial charge in [-0.15, -0.1) is 0 Å². The van der Waals surface area contributed by atoms with Gasteiger partial charge in [-0.05, 0) is 33.3 Å². The number of carbonyl (C=O) groups excluding carboxylic acids is 2. The molecular formula is C17H22O5. The Morgan fingerprint density at radius 3 is 2.68 bits per heavy atom. The van der Waals surface area contributed by atoms with E-state index < -0.39 is 23.8 Å². The third-order valence-corrected chi connectivity index (χ3v) is 3.23. The van der Waals surface area contributed by atoms with Gasteiger partial charge in [0.15, 0.2) is 18.0 Å². The molecule has 0 saturated heterocycles. The SMILES string of the molecule is CCOC(=O)C(OC(C)(C)C)C1OCc2ccccc2C1=O. The lowest BCUT2D eigenvalue weighted by molar-refractivity contribution is -0.179. The molecule has 2 rings (SSSR count). The van der Waals surface area contributed by atoms with Crippen LogP contribution in [-0.4, -0.2) is 36.2 Å². The largest absolute Gasteiger partial charge is 0.464 e. The number of hydrogen-bond acceptors (Lipinski definition) is 5. The maximum Gasteiger partial charge on any atom is 0.338 e. The number of esters is 1. The molecule has 1 aromatic rings. The zero-order valence-electron chi connectivity index (χ0n) is 13.4. The highest BCUT2D eigenvalue weighted by Crippen LogP contribution is 2.26. The van der Waals surface area contributed by atoms with E-state index in [1.165, 1.54) is 0 Å². The number of carbonyl (C=O) groups is 2. The van der Waals surface area contributed by atoms with Crippen LogP contribution in [0.15, 0.2) is 24.3 Å². The highest BCUT2D eigenvalue weighted by molar-refractivity contribution is 6.04. The van der Waals surface area contributed by atoms with Crippen molar-refractivity contribution in [1.82, 2.24) is 0 Å². The molecule has 120 valence electrons. The highest BCUT2D eigenvalue weighted by Gasteiger charge is 2.42. The van der Waals surface area contributed by atoms with Crippen LogP contribution in [0.1, 0.15) is 43.6 Å². The van der Waals surface area contributed by atoms with E-state index in [-0.39, 0.29) is 19.0 Å². The van der Waals surface area contributed by atoms with Crippen LogP contribution < -0.4 is 0 Å². The third-order valence-electron chi connectivity index (χ3n) is 3.23. The Bertz CT molecular complexity index is 558. The molecule has 0 spiro atoms. The van der Waals surface area contributed by atoms with E-state index in [0.717, 1.165) is 5.56 Å². The lowest BCUT2D eigenvalue weighted by atomic mass is 9.94. The van der Waals surface area contributed by atoms with Gasteiger partial charge in [0, 0.05) is 5.56 Å². The molecular weight excluding hydrogens is 284 g/mol. The molecule has 0 amide bonds. The first-order chi connectivity index (χ1) is 10.3. The summed E-state index contributed by atoms with van der Waals surface area (Å²) in [5, 5.41) is 0. The normalized spacial score (nSPS) is 19.5. The van der Waals surface area contributed by atoms with Crippen LogP contribution in [0.25, 0.3) is 0 Å². The summed E-state index contributed by atoms with van der Waals surface area (Å²) >= 11 is 0. The maximum atomic E-state index is 12.6. The maximum absolute atomic E-state index is 12.6. The minimum absolute atomic E-state index is 0.223. The average Bonchev–Trinajstić information content (AvgIpc) is 2.45. The van der Waals surface area contributed by atoms with E-state index in [0.29, 0.717) is 5.56 Å². The van der Waals surface area contributed by atoms with E-state index in [9.17, 15) is 9.59 Å². The molecule has 0 N–H and O–H groups in total. The van der Waals surface area contributed by atoms with Crippen molar-refractivity contribution in [2.45, 2.75) is 52.1 Å². The fourth-order valence-corrected chi connectivity index (χ4v) is 2.36. The number of Topliss-reactive ketones (excluding diaryl/α,β-unsaturated/α-hetero) is 1. The van der Waals surface area contributed by atoms with E-state index in [4.69, 9.17) is 14.2 Å². The van der Waals surface area contributed by atoms with Gasteiger partial charge < -0.3 is 14.2 Å². The molecule has 1 heterocycles. The van der Waals surface area contributed by atoms with E-state index in [1.54, 1.807) is 19.1 Å². The Kier molecular flexibility index (Phi) is 4.98. The molecule has 0 saturated carbocycles. The van der Waals surface area contributed by atoms with Crippen LogP contribution in [-0.2, 0) is 25.6 Å². The molecule has 1 aliphatic heterocycles. The first-order valence-electron chi connectivity index (χ1n) is 7.41. The third kappa shape index (κ3) is 3.72. The average molecular weight is 306 g/mol. The van der Waals surface area contributed by atoms with E-state index in [2.05, 4.69) is 0 Å². The minimum Gasteiger partial charge on any atom is -0.464 e. The summed E-state index contributed by atoms with van der Waals surface area (Å²) in [5.41, 5.74) is 0.797.